The fourth-order valence-electron chi connectivity index (χ4n) is 4.74. The molecule has 0 amide bonds. The van der Waals surface area contributed by atoms with Gasteiger partial charge >= 0.3 is 42.8 Å². The van der Waals surface area contributed by atoms with E-state index >= 15 is 0 Å². The molecule has 0 heterocycles. The molecule has 0 aliphatic carbocycles. The molecule has 13 heteroatoms. The van der Waals surface area contributed by atoms with E-state index in [1.54, 1.807) is 0 Å². The van der Waals surface area contributed by atoms with Crippen LogP contribution in [0.25, 0.3) is 6.08 Å². The zero-order valence-corrected chi connectivity index (χ0v) is 32.5. The van der Waals surface area contributed by atoms with Gasteiger partial charge in [-0.1, -0.05) is 42.1 Å². The summed E-state index contributed by atoms with van der Waals surface area (Å²) in [6.07, 6.45) is 2.16. The molecule has 0 aromatic heterocycles. The van der Waals surface area contributed by atoms with Gasteiger partial charge in [0.05, 0.1) is 0 Å². The Bertz CT molecular complexity index is 865. The van der Waals surface area contributed by atoms with Crippen LogP contribution in [0.5, 0.6) is 0 Å². The average Bonchev–Trinajstić information content (AvgIpc) is 2.52. The third kappa shape index (κ3) is 15.0. The van der Waals surface area contributed by atoms with Gasteiger partial charge in [-0.3, -0.25) is 0 Å². The fourth-order valence-corrected chi connectivity index (χ4v) is 38.2. The second-order valence-electron chi connectivity index (χ2n) is 13.1. The van der Waals surface area contributed by atoms with Crippen molar-refractivity contribution in [3.05, 3.63) is 41.6 Å². The van der Waals surface area contributed by atoms with Crippen LogP contribution in [-0.4, -0.2) is 59.4 Å². The van der Waals surface area contributed by atoms with E-state index in [1.807, 2.05) is 18.2 Å². The molecule has 0 saturated carbocycles. The van der Waals surface area contributed by atoms with E-state index in [1.165, 1.54) is 5.56 Å². The van der Waals surface area contributed by atoms with Gasteiger partial charge in [0, 0.05) is 0 Å². The summed E-state index contributed by atoms with van der Waals surface area (Å²) in [4.78, 5) is 0. The van der Waals surface area contributed by atoms with Crippen LogP contribution in [0.4, 0.5) is 0 Å². The molecule has 1 aromatic carbocycles. The van der Waals surface area contributed by atoms with Crippen LogP contribution in [0.1, 0.15) is 5.56 Å². The number of benzene rings is 1. The van der Waals surface area contributed by atoms with Crippen LogP contribution in [0, 0.1) is 0 Å². The summed E-state index contributed by atoms with van der Waals surface area (Å²) in [7, 11) is -16.1. The first-order chi connectivity index (χ1) is 15.8. The first-order valence-electron chi connectivity index (χ1n) is 12.8. The highest BCUT2D eigenvalue weighted by molar-refractivity contribution is 6.92. The van der Waals surface area contributed by atoms with Crippen LogP contribution in [0.3, 0.4) is 0 Å². The lowest BCUT2D eigenvalue weighted by atomic mass is 10.2. The summed E-state index contributed by atoms with van der Waals surface area (Å²) in [6, 6.07) is 10.3. The largest absolute Gasteiger partial charge is 0.437 e. The highest BCUT2D eigenvalue weighted by Gasteiger charge is 2.47. The fraction of sp³-hybridized carbons (Fsp3) is 0.652. The van der Waals surface area contributed by atoms with E-state index in [2.05, 4.69) is 122 Å². The minimum atomic E-state index is -2.53. The molecule has 36 heavy (non-hydrogen) atoms. The molecule has 0 fully saturated rings. The standard InChI is InChI=1S/C23H52O6Si7/c1-30(2,3)24-32(6,7)26-34(10,11)28-36(14,15)29-35(12,13)27-33(8,9)25-31(4,5)22-21-23-19-17-16-18-20-23/h16-22H,1-15H3. The topological polar surface area (TPSA) is 55.4 Å². The predicted octanol–water partition coefficient (Wildman–Crippen LogP) is 7.89. The molecule has 1 aromatic rings. The van der Waals surface area contributed by atoms with E-state index < -0.39 is 59.4 Å². The van der Waals surface area contributed by atoms with Gasteiger partial charge in [0.2, 0.25) is 8.32 Å². The average molecular weight is 621 g/mol. The molecular formula is C23H52O6Si7. The van der Waals surface area contributed by atoms with Gasteiger partial charge in [-0.2, -0.15) is 0 Å². The Morgan fingerprint density at radius 3 is 1.14 bits per heavy atom. The molecule has 0 atom stereocenters. The van der Waals surface area contributed by atoms with Crippen molar-refractivity contribution in [3.8, 4) is 0 Å². The van der Waals surface area contributed by atoms with Gasteiger partial charge in [0.15, 0.2) is 8.32 Å². The van der Waals surface area contributed by atoms with Crippen molar-refractivity contribution in [2.45, 2.75) is 98.2 Å². The van der Waals surface area contributed by atoms with Gasteiger partial charge < -0.3 is 24.7 Å². The SMILES string of the molecule is C[Si](C)(C)O[Si](C)(C)O[Si](C)(C)O[Si](C)(C)O[Si](C)(C)O[Si](C)(C)O[Si](C)(C)C=Cc1ccccc1. The van der Waals surface area contributed by atoms with Crippen LogP contribution < -0.4 is 0 Å². The van der Waals surface area contributed by atoms with Crippen molar-refractivity contribution in [2.24, 2.45) is 0 Å². The van der Waals surface area contributed by atoms with Gasteiger partial charge in [-0.25, -0.2) is 0 Å². The van der Waals surface area contributed by atoms with E-state index in [0.29, 0.717) is 0 Å². The van der Waals surface area contributed by atoms with Gasteiger partial charge in [0.25, 0.3) is 0 Å². The second-order valence-corrected chi connectivity index (χ2v) is 39.7. The molecule has 208 valence electrons. The number of rotatable bonds is 14. The Hall–Kier alpha value is 0.238. The molecule has 0 spiro atoms. The quantitative estimate of drug-likeness (QED) is 0.197. The van der Waals surface area contributed by atoms with E-state index in [9.17, 15) is 0 Å². The molecule has 6 nitrogen and oxygen atoms in total. The van der Waals surface area contributed by atoms with Crippen molar-refractivity contribution >= 4 is 65.5 Å². The van der Waals surface area contributed by atoms with Crippen LogP contribution >= 0.6 is 0 Å². The molecule has 1 rings (SSSR count). The summed E-state index contributed by atoms with van der Waals surface area (Å²) in [5, 5.41) is 0. The molecule has 0 aliphatic heterocycles. The van der Waals surface area contributed by atoms with E-state index in [0.717, 1.165) is 0 Å². The lowest BCUT2D eigenvalue weighted by molar-refractivity contribution is 0.272. The zero-order chi connectivity index (χ0) is 28.3. The Kier molecular flexibility index (Phi) is 11.6. The first-order valence-corrected chi connectivity index (χ1v) is 33.2. The normalized spacial score (nSPS) is 15.1. The van der Waals surface area contributed by atoms with Crippen molar-refractivity contribution in [2.75, 3.05) is 0 Å². The second kappa shape index (κ2) is 12.2. The van der Waals surface area contributed by atoms with Crippen molar-refractivity contribution in [3.63, 3.8) is 0 Å². The van der Waals surface area contributed by atoms with E-state index in [-0.39, 0.29) is 0 Å². The number of hydrogen-bond acceptors (Lipinski definition) is 6. The molecule has 0 aliphatic rings. The number of hydrogen-bond donors (Lipinski definition) is 0. The zero-order valence-electron chi connectivity index (χ0n) is 25.5. The van der Waals surface area contributed by atoms with Gasteiger partial charge in [-0.15, -0.1) is 0 Å². The van der Waals surface area contributed by atoms with Crippen molar-refractivity contribution < 1.29 is 24.7 Å². The van der Waals surface area contributed by atoms with Crippen LogP contribution in [0.15, 0.2) is 36.0 Å². The minimum Gasteiger partial charge on any atom is -0.437 e. The molecule has 0 N–H and O–H groups in total. The minimum absolute atomic E-state index is 1.18. The summed E-state index contributed by atoms with van der Waals surface area (Å²) in [6.45, 7) is 32.0. The monoisotopic (exact) mass is 620 g/mol. The summed E-state index contributed by atoms with van der Waals surface area (Å²) in [5.41, 5.74) is 3.41. The molecule has 0 saturated heterocycles. The Morgan fingerprint density at radius 1 is 0.444 bits per heavy atom. The highest BCUT2D eigenvalue weighted by atomic mass is 28.5. The summed E-state index contributed by atoms with van der Waals surface area (Å²) < 4.78 is 39.6. The molecule has 0 unspecified atom stereocenters. The summed E-state index contributed by atoms with van der Waals surface area (Å²) >= 11 is 0. The lowest BCUT2D eigenvalue weighted by Crippen LogP contribution is -2.60. The first kappa shape index (κ1) is 34.3. The molecule has 0 radical (unpaired) electrons. The van der Waals surface area contributed by atoms with Crippen LogP contribution in [0.2, 0.25) is 98.2 Å². The molecular weight excluding hydrogens is 569 g/mol. The third-order valence-corrected chi connectivity index (χ3v) is 29.7. The smallest absolute Gasteiger partial charge is 0.314 e. The predicted molar refractivity (Wildman–Crippen MR) is 170 cm³/mol. The molecule has 0 bridgehead atoms. The van der Waals surface area contributed by atoms with E-state index in [4.69, 9.17) is 24.7 Å². The van der Waals surface area contributed by atoms with Crippen molar-refractivity contribution in [1.82, 2.24) is 0 Å². The maximum atomic E-state index is 6.69. The third-order valence-electron chi connectivity index (χ3n) is 4.50. The van der Waals surface area contributed by atoms with Crippen LogP contribution in [-0.2, 0) is 24.7 Å². The maximum absolute atomic E-state index is 6.69. The Labute approximate surface area is 229 Å². The Morgan fingerprint density at radius 2 is 0.778 bits per heavy atom. The van der Waals surface area contributed by atoms with Gasteiger partial charge in [0.1, 0.15) is 0 Å². The maximum Gasteiger partial charge on any atom is 0.314 e. The van der Waals surface area contributed by atoms with Gasteiger partial charge in [-0.05, 0) is 104 Å². The lowest BCUT2D eigenvalue weighted by Gasteiger charge is -2.43. The Balaban J connectivity index is 2.83. The highest BCUT2D eigenvalue weighted by Crippen LogP contribution is 2.28. The summed E-state index contributed by atoms with van der Waals surface area (Å²) in [5.74, 6) is 0. The van der Waals surface area contributed by atoms with Crippen molar-refractivity contribution in [1.29, 1.82) is 0 Å².